The number of amidine groups is 1. The van der Waals surface area contributed by atoms with E-state index in [4.69, 9.17) is 4.99 Å². The maximum atomic E-state index is 5.56. The third kappa shape index (κ3) is 4.75. The molecule has 7 aliphatic rings. The lowest BCUT2D eigenvalue weighted by molar-refractivity contribution is 0.399. The summed E-state index contributed by atoms with van der Waals surface area (Å²) in [7, 11) is 0. The number of hydrogen-bond donors (Lipinski definition) is 2. The minimum atomic E-state index is -0.264. The van der Waals surface area contributed by atoms with Crippen molar-refractivity contribution in [1.82, 2.24) is 10.6 Å². The van der Waals surface area contributed by atoms with Gasteiger partial charge < -0.3 is 15.1 Å². The molecular weight excluding hydrogens is 611 g/mol. The van der Waals surface area contributed by atoms with Crippen molar-refractivity contribution in [3.63, 3.8) is 0 Å². The number of benzene rings is 3. The first-order valence-corrected chi connectivity index (χ1v) is 18.2. The predicted octanol–water partition coefficient (Wildman–Crippen LogP) is 9.37. The molecule has 3 heterocycles. The molecule has 7 atom stereocenters. The van der Waals surface area contributed by atoms with Crippen molar-refractivity contribution in [2.24, 2.45) is 16.8 Å². The van der Waals surface area contributed by atoms with E-state index in [1.54, 1.807) is 0 Å². The van der Waals surface area contributed by atoms with Gasteiger partial charge in [-0.25, -0.2) is 4.99 Å². The van der Waals surface area contributed by atoms with Crippen LogP contribution in [-0.2, 0) is 0 Å². The molecule has 2 N–H and O–H groups in total. The quantitative estimate of drug-likeness (QED) is 0.289. The van der Waals surface area contributed by atoms with E-state index in [1.807, 2.05) is 0 Å². The first kappa shape index (κ1) is 29.5. The van der Waals surface area contributed by atoms with E-state index in [9.17, 15) is 0 Å². The standard InChI is InChI=1S/C45H41N5/c1-3-16-30(17-4-1)43-46-44(31-18-5-2-6-19-31)48-45(47-43)36-24-15-29-41(49-37-25-11-7-20-32(37)33-21-8-12-26-38(33)49)42(36)50-39-27-13-9-22-34(39)35-23-10-14-28-40(35)50/h1-11,13-18,20-25,27-29,31-32,34,37,39,43,45,47H,12,19,26H2,(H,46,48). The van der Waals surface area contributed by atoms with Crippen LogP contribution in [0.1, 0.15) is 54.2 Å². The highest BCUT2D eigenvalue weighted by molar-refractivity contribution is 5.90. The van der Waals surface area contributed by atoms with Crippen molar-refractivity contribution in [2.75, 3.05) is 9.80 Å². The Kier molecular flexibility index (Phi) is 7.19. The van der Waals surface area contributed by atoms with Gasteiger partial charge in [0.2, 0.25) is 0 Å². The number of rotatable bonds is 5. The van der Waals surface area contributed by atoms with E-state index in [-0.39, 0.29) is 36.3 Å². The van der Waals surface area contributed by atoms with Crippen molar-refractivity contribution in [1.29, 1.82) is 0 Å². The van der Waals surface area contributed by atoms with Crippen molar-refractivity contribution in [3.05, 3.63) is 186 Å². The van der Waals surface area contributed by atoms with E-state index in [1.165, 1.54) is 45.0 Å². The fourth-order valence-corrected chi connectivity index (χ4v) is 9.16. The average molecular weight is 652 g/mol. The Morgan fingerprint density at radius 2 is 1.38 bits per heavy atom. The Labute approximate surface area is 294 Å². The summed E-state index contributed by atoms with van der Waals surface area (Å²) in [5.74, 6) is 1.86. The summed E-state index contributed by atoms with van der Waals surface area (Å²) < 4.78 is 0. The van der Waals surface area contributed by atoms with Crippen LogP contribution in [0.15, 0.2) is 174 Å². The summed E-state index contributed by atoms with van der Waals surface area (Å²) >= 11 is 0. The van der Waals surface area contributed by atoms with Gasteiger partial charge in [-0.1, -0.05) is 146 Å². The molecule has 246 valence electrons. The van der Waals surface area contributed by atoms with Gasteiger partial charge in [0.25, 0.3) is 0 Å². The van der Waals surface area contributed by atoms with Crippen LogP contribution in [0, 0.1) is 11.8 Å². The monoisotopic (exact) mass is 651 g/mol. The molecule has 4 aliphatic carbocycles. The molecule has 0 aromatic heterocycles. The van der Waals surface area contributed by atoms with Crippen LogP contribution >= 0.6 is 0 Å². The van der Waals surface area contributed by atoms with Crippen LogP contribution in [-0.4, -0.2) is 17.9 Å². The number of allylic oxidation sites excluding steroid dienone is 10. The highest BCUT2D eigenvalue weighted by Gasteiger charge is 2.44. The van der Waals surface area contributed by atoms with Gasteiger partial charge in [-0.15, -0.1) is 0 Å². The van der Waals surface area contributed by atoms with Crippen LogP contribution < -0.4 is 20.4 Å². The van der Waals surface area contributed by atoms with Crippen LogP contribution in [0.25, 0.3) is 0 Å². The van der Waals surface area contributed by atoms with Gasteiger partial charge in [0.05, 0.1) is 23.5 Å². The lowest BCUT2D eigenvalue weighted by atomic mass is 9.88. The van der Waals surface area contributed by atoms with Gasteiger partial charge in [-0.3, -0.25) is 5.32 Å². The van der Waals surface area contributed by atoms with Gasteiger partial charge >= 0.3 is 0 Å². The van der Waals surface area contributed by atoms with Gasteiger partial charge in [-0.05, 0) is 48.1 Å². The van der Waals surface area contributed by atoms with Crippen molar-refractivity contribution in [3.8, 4) is 0 Å². The Morgan fingerprint density at radius 1 is 0.640 bits per heavy atom. The smallest absolute Gasteiger partial charge is 0.131 e. The molecule has 3 aliphatic heterocycles. The number of hydrogen-bond acceptors (Lipinski definition) is 5. The molecular formula is C45H41N5. The third-order valence-corrected chi connectivity index (χ3v) is 11.4. The van der Waals surface area contributed by atoms with E-state index in [0.29, 0.717) is 5.92 Å². The second-order valence-electron chi connectivity index (χ2n) is 14.2. The molecule has 0 radical (unpaired) electrons. The van der Waals surface area contributed by atoms with E-state index >= 15 is 0 Å². The molecule has 0 amide bonds. The van der Waals surface area contributed by atoms with Crippen molar-refractivity contribution >= 4 is 22.9 Å². The molecule has 5 heteroatoms. The second kappa shape index (κ2) is 12.2. The molecule has 0 spiro atoms. The Morgan fingerprint density at radius 3 is 2.24 bits per heavy atom. The first-order chi connectivity index (χ1) is 24.8. The highest BCUT2D eigenvalue weighted by atomic mass is 15.3. The summed E-state index contributed by atoms with van der Waals surface area (Å²) in [6, 6.07) is 27.1. The minimum absolute atomic E-state index is 0.0824. The Bertz CT molecular complexity index is 2110. The third-order valence-electron chi connectivity index (χ3n) is 11.4. The van der Waals surface area contributed by atoms with Crippen LogP contribution in [0.3, 0.4) is 0 Å². The fraction of sp³-hybridized carbons (Fsp3) is 0.222. The molecule has 0 saturated heterocycles. The molecule has 3 aromatic carbocycles. The summed E-state index contributed by atoms with van der Waals surface area (Å²) in [6.07, 6.45) is 34.8. The van der Waals surface area contributed by atoms with Gasteiger partial charge in [0.15, 0.2) is 0 Å². The largest absolute Gasteiger partial charge is 0.354 e. The molecule has 3 aromatic rings. The number of anilines is 3. The lowest BCUT2D eigenvalue weighted by Crippen LogP contribution is -2.47. The maximum Gasteiger partial charge on any atom is 0.131 e. The second-order valence-corrected chi connectivity index (χ2v) is 14.2. The normalized spacial score (nSPS) is 29.8. The van der Waals surface area contributed by atoms with Crippen LogP contribution in [0.5, 0.6) is 0 Å². The molecule has 10 rings (SSSR count). The Balaban J connectivity index is 1.20. The van der Waals surface area contributed by atoms with Crippen LogP contribution in [0.2, 0.25) is 0 Å². The van der Waals surface area contributed by atoms with Gasteiger partial charge in [0.1, 0.15) is 18.2 Å². The van der Waals surface area contributed by atoms with Gasteiger partial charge in [0, 0.05) is 34.7 Å². The molecule has 0 bridgehead atoms. The zero-order chi connectivity index (χ0) is 33.0. The average Bonchev–Trinajstić information content (AvgIpc) is 3.71. The van der Waals surface area contributed by atoms with Crippen molar-refractivity contribution in [2.45, 2.75) is 49.6 Å². The lowest BCUT2D eigenvalue weighted by Gasteiger charge is -2.40. The number of nitrogens with zero attached hydrogens (tertiary/aromatic N) is 3. The molecule has 50 heavy (non-hydrogen) atoms. The number of aliphatic imine (C=N–C) groups is 1. The summed E-state index contributed by atoms with van der Waals surface area (Å²) in [4.78, 5) is 10.9. The Hall–Kier alpha value is -5.39. The minimum Gasteiger partial charge on any atom is -0.354 e. The van der Waals surface area contributed by atoms with Crippen LogP contribution in [0.4, 0.5) is 17.1 Å². The number of nitrogens with one attached hydrogen (secondary N) is 2. The maximum absolute atomic E-state index is 5.56. The first-order valence-electron chi connectivity index (χ1n) is 18.2. The number of fused-ring (bicyclic) bond motifs is 5. The van der Waals surface area contributed by atoms with E-state index in [0.717, 1.165) is 25.1 Å². The van der Waals surface area contributed by atoms with Crippen molar-refractivity contribution < 1.29 is 0 Å². The van der Waals surface area contributed by atoms with E-state index in [2.05, 4.69) is 178 Å². The SMILES string of the molecule is C1=CCC(C2=NC(c3cccc(N4C5=C(C=CCC5)C5C=CC=CC54)c3N3c4ccccc4C4C=CC=CC43)NC(c3ccccc3)N2)C=C1. The van der Waals surface area contributed by atoms with Gasteiger partial charge in [-0.2, -0.15) is 0 Å². The highest BCUT2D eigenvalue weighted by Crippen LogP contribution is 2.55. The molecule has 5 nitrogen and oxygen atoms in total. The summed E-state index contributed by atoms with van der Waals surface area (Å²) in [5, 5.41) is 7.79. The molecule has 7 unspecified atom stereocenters. The fourth-order valence-electron chi connectivity index (χ4n) is 9.16. The topological polar surface area (TPSA) is 42.9 Å². The molecule has 0 fully saturated rings. The predicted molar refractivity (Wildman–Crippen MR) is 205 cm³/mol. The molecule has 0 saturated carbocycles. The zero-order valence-electron chi connectivity index (χ0n) is 28.0. The summed E-state index contributed by atoms with van der Waals surface area (Å²) in [6.45, 7) is 0. The number of para-hydroxylation sites is 2. The summed E-state index contributed by atoms with van der Waals surface area (Å²) in [5.41, 5.74) is 10.5. The van der Waals surface area contributed by atoms with E-state index < -0.39 is 0 Å². The zero-order valence-corrected chi connectivity index (χ0v) is 28.0.